The maximum Gasteiger partial charge on any atom is 0.245 e. The molecule has 0 aliphatic carbocycles. The second-order valence-electron chi connectivity index (χ2n) is 5.69. The molecule has 0 spiro atoms. The fourth-order valence-electron chi connectivity index (χ4n) is 2.79. The second kappa shape index (κ2) is 5.73. The molecule has 1 aromatic carbocycles. The van der Waals surface area contributed by atoms with Crippen molar-refractivity contribution in [1.29, 1.82) is 0 Å². The molecule has 1 aromatic heterocycles. The number of H-pyrrole nitrogens is 1. The number of aromatic amines is 1. The van der Waals surface area contributed by atoms with Crippen molar-refractivity contribution in [2.75, 3.05) is 24.5 Å². The van der Waals surface area contributed by atoms with Gasteiger partial charge in [0.15, 0.2) is 5.82 Å². The zero-order valence-electron chi connectivity index (χ0n) is 12.2. The first-order chi connectivity index (χ1) is 10.2. The molecule has 0 amide bonds. The first kappa shape index (κ1) is 13.9. The van der Waals surface area contributed by atoms with Gasteiger partial charge in [-0.1, -0.05) is 11.6 Å². The molecule has 2 aromatic rings. The highest BCUT2D eigenvalue weighted by Crippen LogP contribution is 2.29. The topological polar surface area (TPSA) is 91.1 Å². The van der Waals surface area contributed by atoms with Crippen molar-refractivity contribution in [3.8, 4) is 17.1 Å². The van der Waals surface area contributed by atoms with E-state index in [1.807, 2.05) is 19.1 Å². The zero-order chi connectivity index (χ0) is 14.8. The minimum atomic E-state index is 0.210. The van der Waals surface area contributed by atoms with Crippen LogP contribution in [0.1, 0.15) is 18.4 Å². The van der Waals surface area contributed by atoms with Gasteiger partial charge in [0.1, 0.15) is 5.75 Å². The third kappa shape index (κ3) is 2.85. The SMILES string of the molecule is Cc1ccc(O)c(-c2nc(N3CCCC(CN)C3)n[nH]2)c1. The van der Waals surface area contributed by atoms with E-state index in [9.17, 15) is 5.11 Å². The molecule has 1 atom stereocenters. The summed E-state index contributed by atoms with van der Waals surface area (Å²) in [6, 6.07) is 5.45. The Hall–Kier alpha value is -2.08. The number of hydrogen-bond donors (Lipinski definition) is 3. The number of anilines is 1. The smallest absolute Gasteiger partial charge is 0.245 e. The molecule has 1 unspecified atom stereocenters. The van der Waals surface area contributed by atoms with Crippen LogP contribution in [0.2, 0.25) is 0 Å². The number of aromatic nitrogens is 3. The first-order valence-electron chi connectivity index (χ1n) is 7.35. The van der Waals surface area contributed by atoms with Crippen LogP contribution in [0.15, 0.2) is 18.2 Å². The molecule has 2 heterocycles. The lowest BCUT2D eigenvalue weighted by atomic mass is 9.99. The maximum absolute atomic E-state index is 9.97. The summed E-state index contributed by atoms with van der Waals surface area (Å²) in [5.74, 6) is 2.00. The van der Waals surface area contributed by atoms with E-state index in [-0.39, 0.29) is 5.75 Å². The van der Waals surface area contributed by atoms with Gasteiger partial charge in [0.25, 0.3) is 0 Å². The summed E-state index contributed by atoms with van der Waals surface area (Å²) in [4.78, 5) is 6.69. The number of phenols is 1. The number of aromatic hydroxyl groups is 1. The summed E-state index contributed by atoms with van der Waals surface area (Å²) < 4.78 is 0. The van der Waals surface area contributed by atoms with Gasteiger partial charge in [0.05, 0.1) is 5.56 Å². The molecular weight excluding hydrogens is 266 g/mol. The van der Waals surface area contributed by atoms with Crippen molar-refractivity contribution in [2.24, 2.45) is 11.7 Å². The van der Waals surface area contributed by atoms with Crippen molar-refractivity contribution in [3.63, 3.8) is 0 Å². The minimum absolute atomic E-state index is 0.210. The quantitative estimate of drug-likeness (QED) is 0.798. The number of hydrogen-bond acceptors (Lipinski definition) is 5. The number of aryl methyl sites for hydroxylation is 1. The van der Waals surface area contributed by atoms with Crippen molar-refractivity contribution in [3.05, 3.63) is 23.8 Å². The van der Waals surface area contributed by atoms with E-state index in [4.69, 9.17) is 5.73 Å². The van der Waals surface area contributed by atoms with E-state index >= 15 is 0 Å². The molecule has 112 valence electrons. The largest absolute Gasteiger partial charge is 0.507 e. The maximum atomic E-state index is 9.97. The average molecular weight is 287 g/mol. The number of nitrogens with zero attached hydrogens (tertiary/aromatic N) is 3. The van der Waals surface area contributed by atoms with Gasteiger partial charge in [-0.2, -0.15) is 4.98 Å². The fraction of sp³-hybridized carbons (Fsp3) is 0.467. The summed E-state index contributed by atoms with van der Waals surface area (Å²) in [5, 5.41) is 17.2. The predicted octanol–water partition coefficient (Wildman–Crippen LogP) is 1.66. The Labute approximate surface area is 124 Å². The predicted molar refractivity (Wildman–Crippen MR) is 82.2 cm³/mol. The van der Waals surface area contributed by atoms with Crippen LogP contribution < -0.4 is 10.6 Å². The Kier molecular flexibility index (Phi) is 3.79. The van der Waals surface area contributed by atoms with E-state index in [2.05, 4.69) is 20.1 Å². The van der Waals surface area contributed by atoms with Crippen LogP contribution in [0, 0.1) is 12.8 Å². The number of benzene rings is 1. The average Bonchev–Trinajstić information content (AvgIpc) is 2.99. The number of phenolic OH excluding ortho intramolecular Hbond substituents is 1. The highest BCUT2D eigenvalue weighted by molar-refractivity contribution is 5.65. The molecule has 0 bridgehead atoms. The lowest BCUT2D eigenvalue weighted by Gasteiger charge is -2.31. The molecule has 4 N–H and O–H groups in total. The molecular formula is C15H21N5O. The second-order valence-corrected chi connectivity index (χ2v) is 5.69. The van der Waals surface area contributed by atoms with E-state index in [1.54, 1.807) is 6.07 Å². The third-order valence-corrected chi connectivity index (χ3v) is 4.02. The monoisotopic (exact) mass is 287 g/mol. The van der Waals surface area contributed by atoms with Gasteiger partial charge < -0.3 is 15.7 Å². The summed E-state index contributed by atoms with van der Waals surface area (Å²) in [7, 11) is 0. The van der Waals surface area contributed by atoms with Gasteiger partial charge in [-0.05, 0) is 44.4 Å². The highest BCUT2D eigenvalue weighted by atomic mass is 16.3. The normalized spacial score (nSPS) is 19.0. The van der Waals surface area contributed by atoms with Gasteiger partial charge in [-0.3, -0.25) is 5.10 Å². The zero-order valence-corrected chi connectivity index (χ0v) is 12.2. The Balaban J connectivity index is 1.84. The van der Waals surface area contributed by atoms with Crippen LogP contribution in [0.4, 0.5) is 5.95 Å². The van der Waals surface area contributed by atoms with Crippen LogP contribution in [0.3, 0.4) is 0 Å². The van der Waals surface area contributed by atoms with Crippen molar-refractivity contribution in [2.45, 2.75) is 19.8 Å². The van der Waals surface area contributed by atoms with Gasteiger partial charge in [0, 0.05) is 13.1 Å². The summed E-state index contributed by atoms with van der Waals surface area (Å²) >= 11 is 0. The molecule has 1 aliphatic heterocycles. The molecule has 1 aliphatic rings. The van der Waals surface area contributed by atoms with Gasteiger partial charge in [-0.15, -0.1) is 5.10 Å². The summed E-state index contributed by atoms with van der Waals surface area (Å²) in [5.41, 5.74) is 7.52. The lowest BCUT2D eigenvalue weighted by molar-refractivity contribution is 0.420. The molecule has 6 heteroatoms. The van der Waals surface area contributed by atoms with Crippen LogP contribution in [0.5, 0.6) is 5.75 Å². The van der Waals surface area contributed by atoms with Gasteiger partial charge in [-0.25, -0.2) is 0 Å². The van der Waals surface area contributed by atoms with Crippen LogP contribution in [-0.4, -0.2) is 39.9 Å². The molecule has 3 rings (SSSR count). The summed E-state index contributed by atoms with van der Waals surface area (Å²) in [6.45, 7) is 4.53. The van der Waals surface area contributed by atoms with E-state index in [1.165, 1.54) is 6.42 Å². The number of piperidine rings is 1. The van der Waals surface area contributed by atoms with Crippen molar-refractivity contribution < 1.29 is 5.11 Å². The Morgan fingerprint density at radius 2 is 2.33 bits per heavy atom. The fourth-order valence-corrected chi connectivity index (χ4v) is 2.79. The van der Waals surface area contributed by atoms with Crippen LogP contribution >= 0.6 is 0 Å². The Morgan fingerprint density at radius 1 is 1.48 bits per heavy atom. The minimum Gasteiger partial charge on any atom is -0.507 e. The number of nitrogens with one attached hydrogen (secondary N) is 1. The molecule has 21 heavy (non-hydrogen) atoms. The van der Waals surface area contributed by atoms with Crippen LogP contribution in [-0.2, 0) is 0 Å². The standard InChI is InChI=1S/C15H21N5O/c1-10-4-5-13(21)12(7-10)14-17-15(19-18-14)20-6-2-3-11(8-16)9-20/h4-5,7,11,21H,2-3,6,8-9,16H2,1H3,(H,17,18,19). The van der Waals surface area contributed by atoms with Crippen molar-refractivity contribution in [1.82, 2.24) is 15.2 Å². The molecule has 1 fully saturated rings. The molecule has 0 saturated carbocycles. The van der Waals surface area contributed by atoms with E-state index < -0.39 is 0 Å². The van der Waals surface area contributed by atoms with Gasteiger partial charge >= 0.3 is 0 Å². The van der Waals surface area contributed by atoms with Crippen molar-refractivity contribution >= 4 is 5.95 Å². The van der Waals surface area contributed by atoms with E-state index in [0.717, 1.165) is 25.1 Å². The molecule has 6 nitrogen and oxygen atoms in total. The van der Waals surface area contributed by atoms with E-state index in [0.29, 0.717) is 29.8 Å². The third-order valence-electron chi connectivity index (χ3n) is 4.02. The molecule has 0 radical (unpaired) electrons. The summed E-state index contributed by atoms with van der Waals surface area (Å²) in [6.07, 6.45) is 2.28. The number of rotatable bonds is 3. The highest BCUT2D eigenvalue weighted by Gasteiger charge is 2.22. The molecule has 1 saturated heterocycles. The Bertz CT molecular complexity index is 624. The Morgan fingerprint density at radius 3 is 3.14 bits per heavy atom. The van der Waals surface area contributed by atoms with Crippen LogP contribution in [0.25, 0.3) is 11.4 Å². The number of nitrogens with two attached hydrogens (primary N) is 1. The first-order valence-corrected chi connectivity index (χ1v) is 7.35. The lowest BCUT2D eigenvalue weighted by Crippen LogP contribution is -2.38. The van der Waals surface area contributed by atoms with Gasteiger partial charge in [0.2, 0.25) is 5.95 Å².